The van der Waals surface area contributed by atoms with Crippen LogP contribution in [-0.4, -0.2) is 15.8 Å². The van der Waals surface area contributed by atoms with E-state index in [9.17, 15) is 10.2 Å². The third kappa shape index (κ3) is 4.19. The second-order valence-electron chi connectivity index (χ2n) is 5.63. The fourth-order valence-corrected chi connectivity index (χ4v) is 2.73. The normalized spacial score (nSPS) is 22.4. The van der Waals surface area contributed by atoms with E-state index in [4.69, 9.17) is 2.74 Å². The van der Waals surface area contributed by atoms with E-state index < -0.39 is 18.1 Å². The van der Waals surface area contributed by atoms with Gasteiger partial charge in [-0.05, 0) is 36.4 Å². The molecule has 0 aliphatic heterocycles. The Morgan fingerprint density at radius 2 is 2.10 bits per heavy atom. The lowest BCUT2D eigenvalue weighted by atomic mass is 9.84. The topological polar surface area (TPSA) is 40.5 Å². The monoisotopic (exact) mass is 276 g/mol. The van der Waals surface area contributed by atoms with Gasteiger partial charge in [-0.2, -0.15) is 0 Å². The first-order valence-electron chi connectivity index (χ1n) is 8.56. The lowest BCUT2D eigenvalue weighted by molar-refractivity contribution is 0.0521. The van der Waals surface area contributed by atoms with Crippen molar-refractivity contribution in [3.8, 4) is 0 Å². The molecule has 1 unspecified atom stereocenters. The summed E-state index contributed by atoms with van der Waals surface area (Å²) in [7, 11) is 0. The Labute approximate surface area is 125 Å². The second kappa shape index (κ2) is 7.05. The van der Waals surface area contributed by atoms with E-state index in [0.717, 1.165) is 31.2 Å². The molecule has 2 nitrogen and oxygen atoms in total. The second-order valence-corrected chi connectivity index (χ2v) is 5.63. The van der Waals surface area contributed by atoms with Crippen LogP contribution in [0, 0.1) is 0 Å². The zero-order chi connectivity index (χ0) is 16.2. The van der Waals surface area contributed by atoms with Crippen molar-refractivity contribution < 1.29 is 13.0 Å². The molecule has 0 aromatic heterocycles. The van der Waals surface area contributed by atoms with Gasteiger partial charge >= 0.3 is 0 Å². The van der Waals surface area contributed by atoms with E-state index in [1.165, 1.54) is 6.42 Å². The van der Waals surface area contributed by atoms with Crippen LogP contribution < -0.4 is 0 Å². The molecule has 1 aromatic rings. The zero-order valence-electron chi connectivity index (χ0n) is 14.2. The molecule has 1 atom stereocenters. The van der Waals surface area contributed by atoms with Gasteiger partial charge in [-0.15, -0.1) is 0 Å². The van der Waals surface area contributed by atoms with Crippen molar-refractivity contribution in [2.45, 2.75) is 63.5 Å². The molecule has 20 heavy (non-hydrogen) atoms. The Balaban J connectivity index is 2.15. The third-order valence-electron chi connectivity index (χ3n) is 3.93. The molecule has 2 N–H and O–H groups in total. The van der Waals surface area contributed by atoms with Gasteiger partial charge in [0.05, 0.1) is 11.7 Å². The molecule has 1 aliphatic rings. The minimum Gasteiger partial charge on any atom is -0.388 e. The molecule has 2 heteroatoms. The number of hydrogen-bond acceptors (Lipinski definition) is 2. The van der Waals surface area contributed by atoms with Crippen LogP contribution in [0.25, 0.3) is 6.08 Å². The van der Waals surface area contributed by atoms with Gasteiger partial charge in [-0.1, -0.05) is 63.0 Å². The molecule has 0 spiro atoms. The molecule has 0 radical (unpaired) electrons. The lowest BCUT2D eigenvalue weighted by Crippen LogP contribution is -2.28. The Morgan fingerprint density at radius 1 is 1.35 bits per heavy atom. The summed E-state index contributed by atoms with van der Waals surface area (Å²) in [4.78, 5) is 0. The van der Waals surface area contributed by atoms with Crippen molar-refractivity contribution in [1.29, 1.82) is 0 Å². The van der Waals surface area contributed by atoms with E-state index in [2.05, 4.69) is 0 Å². The summed E-state index contributed by atoms with van der Waals surface area (Å²) in [5, 5.41) is 20.7. The maximum absolute atomic E-state index is 10.5. The predicted octanol–water partition coefficient (Wildman–Crippen LogP) is 4.23. The molecule has 2 rings (SSSR count). The van der Waals surface area contributed by atoms with Crippen molar-refractivity contribution in [2.24, 2.45) is 0 Å². The highest BCUT2D eigenvalue weighted by atomic mass is 16.3. The average molecular weight is 276 g/mol. The van der Waals surface area contributed by atoms with Crippen LogP contribution in [0.3, 0.4) is 0 Å². The number of rotatable bonds is 5. The smallest absolute Gasteiger partial charge is 0.0830 e. The van der Waals surface area contributed by atoms with E-state index in [0.29, 0.717) is 5.56 Å². The van der Waals surface area contributed by atoms with Crippen molar-refractivity contribution >= 4 is 6.08 Å². The molecular weight excluding hydrogens is 248 g/mol. The van der Waals surface area contributed by atoms with Gasteiger partial charge in [-0.3, -0.25) is 0 Å². The Kier molecular flexibility index (Phi) is 4.44. The Hall–Kier alpha value is -1.12. The van der Waals surface area contributed by atoms with Crippen LogP contribution in [0.5, 0.6) is 0 Å². The minimum atomic E-state index is -1.64. The largest absolute Gasteiger partial charge is 0.388 e. The highest BCUT2D eigenvalue weighted by Crippen LogP contribution is 2.30. The van der Waals surface area contributed by atoms with Gasteiger partial charge in [0.25, 0.3) is 0 Å². The van der Waals surface area contributed by atoms with Crippen LogP contribution in [0.15, 0.2) is 30.3 Å². The molecule has 0 heterocycles. The molecular formula is C18H26O2. The molecule has 0 amide bonds. The summed E-state index contributed by atoms with van der Waals surface area (Å²) in [5.41, 5.74) is 0.734. The maximum atomic E-state index is 10.5. The molecule has 0 saturated heterocycles. The lowest BCUT2D eigenvalue weighted by Gasteiger charge is -2.28. The van der Waals surface area contributed by atoms with Gasteiger partial charge in [-0.25, -0.2) is 0 Å². The Morgan fingerprint density at radius 3 is 2.80 bits per heavy atom. The molecule has 110 valence electrons. The van der Waals surface area contributed by atoms with Gasteiger partial charge < -0.3 is 10.2 Å². The van der Waals surface area contributed by atoms with Crippen LogP contribution in [0.2, 0.25) is 0 Å². The van der Waals surface area contributed by atoms with E-state index in [-0.39, 0.29) is 6.42 Å². The first-order chi connectivity index (χ1) is 10.4. The van der Waals surface area contributed by atoms with Crippen molar-refractivity contribution in [3.63, 3.8) is 0 Å². The van der Waals surface area contributed by atoms with E-state index >= 15 is 0 Å². The molecule has 1 aromatic carbocycles. The predicted molar refractivity (Wildman–Crippen MR) is 83.4 cm³/mol. The highest BCUT2D eigenvalue weighted by Gasteiger charge is 2.25. The van der Waals surface area contributed by atoms with Gasteiger partial charge in [0.15, 0.2) is 0 Å². The third-order valence-corrected chi connectivity index (χ3v) is 3.93. The summed E-state index contributed by atoms with van der Waals surface area (Å²) in [6, 6.07) is 7.25. The molecule has 1 fully saturated rings. The summed E-state index contributed by atoms with van der Waals surface area (Å²) >= 11 is 0. The zero-order valence-corrected chi connectivity index (χ0v) is 12.2. The summed E-state index contributed by atoms with van der Waals surface area (Å²) in [6.45, 7) is 1.73. The first kappa shape index (κ1) is 12.6. The van der Waals surface area contributed by atoms with Gasteiger partial charge in [0.1, 0.15) is 0 Å². The van der Waals surface area contributed by atoms with Gasteiger partial charge in [0.2, 0.25) is 0 Å². The van der Waals surface area contributed by atoms with Crippen LogP contribution >= 0.6 is 0 Å². The standard InChI is InChI=1S/C18H26O2/c1-2-7-17(19)16-9-6-8-15(14-16)10-13-18(20)11-4-3-5-12-18/h6,8-10,13-14,17,19-20H,2-5,7,11-12H2,1H3/b13-10+/i7D2. The highest BCUT2D eigenvalue weighted by molar-refractivity contribution is 5.52. The van der Waals surface area contributed by atoms with Crippen molar-refractivity contribution in [1.82, 2.24) is 0 Å². The fourth-order valence-electron chi connectivity index (χ4n) is 2.73. The average Bonchev–Trinajstić information content (AvgIpc) is 2.53. The molecule has 1 saturated carbocycles. The van der Waals surface area contributed by atoms with Crippen LogP contribution in [0.4, 0.5) is 0 Å². The molecule has 0 bridgehead atoms. The summed E-state index contributed by atoms with van der Waals surface area (Å²) in [6.07, 6.45) is 6.10. The first-order valence-corrected chi connectivity index (χ1v) is 7.56. The number of aliphatic hydroxyl groups excluding tert-OH is 1. The van der Waals surface area contributed by atoms with Gasteiger partial charge in [0, 0.05) is 2.74 Å². The fraction of sp³-hybridized carbons (Fsp3) is 0.556. The van der Waals surface area contributed by atoms with E-state index in [1.807, 2.05) is 24.3 Å². The minimum absolute atomic E-state index is 0.258. The summed E-state index contributed by atoms with van der Waals surface area (Å²) in [5.74, 6) is 0. The van der Waals surface area contributed by atoms with Crippen molar-refractivity contribution in [2.75, 3.05) is 0 Å². The van der Waals surface area contributed by atoms with E-state index in [1.54, 1.807) is 19.1 Å². The Bertz CT molecular complexity index is 520. The van der Waals surface area contributed by atoms with Crippen molar-refractivity contribution in [3.05, 3.63) is 41.5 Å². The number of benzene rings is 1. The summed E-state index contributed by atoms with van der Waals surface area (Å²) < 4.78 is 15.7. The van der Waals surface area contributed by atoms with Crippen LogP contribution in [0.1, 0.15) is 71.8 Å². The molecule has 1 aliphatic carbocycles. The van der Waals surface area contributed by atoms with Crippen LogP contribution in [-0.2, 0) is 0 Å². The quantitative estimate of drug-likeness (QED) is 0.845. The maximum Gasteiger partial charge on any atom is 0.0830 e. The number of hydrogen-bond donors (Lipinski definition) is 2. The number of aliphatic hydroxyl groups is 2. The SMILES string of the molecule is [2H]C([2H])(CC)C(O)c1cccc(/C=C/C2(O)CCCCC2)c1.